The highest BCUT2D eigenvalue weighted by Crippen LogP contribution is 2.23. The fraction of sp³-hybridized carbons (Fsp3) is 0.529. The molecule has 2 aliphatic rings. The summed E-state index contributed by atoms with van der Waals surface area (Å²) in [6.07, 6.45) is 0. The van der Waals surface area contributed by atoms with Gasteiger partial charge in [0, 0.05) is 44.8 Å². The summed E-state index contributed by atoms with van der Waals surface area (Å²) in [6.45, 7) is 5.51. The van der Waals surface area contributed by atoms with Gasteiger partial charge in [-0.05, 0) is 18.2 Å². The number of rotatable bonds is 3. The molecule has 0 atom stereocenters. The van der Waals surface area contributed by atoms with E-state index in [9.17, 15) is 9.59 Å². The first-order valence-corrected chi connectivity index (χ1v) is 9.12. The summed E-state index contributed by atoms with van der Waals surface area (Å²) in [4.78, 5) is 30.6. The topological polar surface area (TPSA) is 53.1 Å². The Morgan fingerprint density at radius 3 is 2.20 bits per heavy atom. The summed E-state index contributed by atoms with van der Waals surface area (Å²) in [6, 6.07) is 4.88. The molecule has 2 fully saturated rings. The smallest absolute Gasteiger partial charge is 0.254 e. The van der Waals surface area contributed by atoms with Crippen LogP contribution in [0.15, 0.2) is 18.2 Å². The lowest BCUT2D eigenvalue weighted by Gasteiger charge is -2.36. The van der Waals surface area contributed by atoms with Gasteiger partial charge in [0.2, 0.25) is 5.91 Å². The van der Waals surface area contributed by atoms with Crippen molar-refractivity contribution in [3.8, 4) is 0 Å². The molecule has 25 heavy (non-hydrogen) atoms. The van der Waals surface area contributed by atoms with Gasteiger partial charge in [-0.25, -0.2) is 0 Å². The number of hydrogen-bond donors (Lipinski definition) is 0. The second-order valence-electron chi connectivity index (χ2n) is 6.19. The summed E-state index contributed by atoms with van der Waals surface area (Å²) in [5.74, 6) is 0.0300. The lowest BCUT2D eigenvalue weighted by molar-refractivity contribution is -0.134. The number of amides is 2. The van der Waals surface area contributed by atoms with Gasteiger partial charge in [-0.1, -0.05) is 23.2 Å². The Labute approximate surface area is 157 Å². The van der Waals surface area contributed by atoms with Crippen molar-refractivity contribution in [2.75, 3.05) is 59.0 Å². The van der Waals surface area contributed by atoms with E-state index in [1.54, 1.807) is 23.1 Å². The predicted molar refractivity (Wildman–Crippen MR) is 96.2 cm³/mol. The van der Waals surface area contributed by atoms with Crippen molar-refractivity contribution in [3.63, 3.8) is 0 Å². The zero-order chi connectivity index (χ0) is 17.8. The van der Waals surface area contributed by atoms with Crippen molar-refractivity contribution < 1.29 is 14.3 Å². The summed E-state index contributed by atoms with van der Waals surface area (Å²) >= 11 is 11.9. The number of morpholine rings is 1. The van der Waals surface area contributed by atoms with Crippen LogP contribution in [-0.4, -0.2) is 85.5 Å². The Balaban J connectivity index is 1.51. The van der Waals surface area contributed by atoms with Crippen LogP contribution in [-0.2, 0) is 9.53 Å². The molecule has 0 saturated carbocycles. The van der Waals surface area contributed by atoms with E-state index in [1.807, 2.05) is 4.90 Å². The van der Waals surface area contributed by atoms with Crippen LogP contribution in [0.25, 0.3) is 0 Å². The molecule has 8 heteroatoms. The van der Waals surface area contributed by atoms with Crippen LogP contribution >= 0.6 is 23.2 Å². The fourth-order valence-electron chi connectivity index (χ4n) is 3.02. The number of hydrogen-bond acceptors (Lipinski definition) is 4. The molecule has 6 nitrogen and oxygen atoms in total. The number of piperazine rings is 1. The lowest BCUT2D eigenvalue weighted by atomic mass is 10.2. The molecule has 0 N–H and O–H groups in total. The van der Waals surface area contributed by atoms with E-state index in [-0.39, 0.29) is 11.8 Å². The molecule has 0 aromatic heterocycles. The first kappa shape index (κ1) is 18.5. The van der Waals surface area contributed by atoms with E-state index in [0.29, 0.717) is 61.5 Å². The minimum absolute atomic E-state index is 0.0844. The molecule has 2 heterocycles. The van der Waals surface area contributed by atoms with E-state index >= 15 is 0 Å². The maximum atomic E-state index is 12.6. The van der Waals surface area contributed by atoms with Crippen molar-refractivity contribution in [1.29, 1.82) is 0 Å². The Bertz CT molecular complexity index is 642. The van der Waals surface area contributed by atoms with Crippen LogP contribution in [0.4, 0.5) is 0 Å². The van der Waals surface area contributed by atoms with E-state index in [4.69, 9.17) is 27.9 Å². The van der Waals surface area contributed by atoms with Gasteiger partial charge in [0.05, 0.1) is 29.8 Å². The van der Waals surface area contributed by atoms with Crippen molar-refractivity contribution in [1.82, 2.24) is 14.7 Å². The number of carbonyl (C=O) groups excluding carboxylic acids is 2. The van der Waals surface area contributed by atoms with Crippen molar-refractivity contribution in [3.05, 3.63) is 33.8 Å². The van der Waals surface area contributed by atoms with Crippen molar-refractivity contribution in [2.24, 2.45) is 0 Å². The third-order valence-electron chi connectivity index (χ3n) is 4.55. The second kappa shape index (κ2) is 8.36. The van der Waals surface area contributed by atoms with E-state index in [1.165, 1.54) is 0 Å². The van der Waals surface area contributed by atoms with Gasteiger partial charge < -0.3 is 14.5 Å². The first-order chi connectivity index (χ1) is 12.0. The van der Waals surface area contributed by atoms with Gasteiger partial charge in [0.1, 0.15) is 0 Å². The largest absolute Gasteiger partial charge is 0.379 e. The van der Waals surface area contributed by atoms with Gasteiger partial charge >= 0.3 is 0 Å². The molecule has 136 valence electrons. The Hall–Kier alpha value is -1.34. The minimum atomic E-state index is -0.0844. The van der Waals surface area contributed by atoms with E-state index in [0.717, 1.165) is 13.1 Å². The normalized spacial score (nSPS) is 19.1. The van der Waals surface area contributed by atoms with Gasteiger partial charge in [-0.2, -0.15) is 0 Å². The number of benzene rings is 1. The quantitative estimate of drug-likeness (QED) is 0.792. The third-order valence-corrected chi connectivity index (χ3v) is 5.29. The molecule has 3 rings (SSSR count). The first-order valence-electron chi connectivity index (χ1n) is 8.37. The number of carbonyl (C=O) groups is 2. The molecule has 0 bridgehead atoms. The molecule has 2 aliphatic heterocycles. The number of nitrogens with zero attached hydrogens (tertiary/aromatic N) is 3. The molecule has 2 amide bonds. The van der Waals surface area contributed by atoms with Crippen LogP contribution in [0, 0.1) is 0 Å². The Morgan fingerprint density at radius 1 is 0.920 bits per heavy atom. The average Bonchev–Trinajstić information content (AvgIpc) is 2.64. The molecule has 1 aromatic rings. The van der Waals surface area contributed by atoms with Crippen LogP contribution < -0.4 is 0 Å². The van der Waals surface area contributed by atoms with Crippen LogP contribution in [0.1, 0.15) is 10.4 Å². The van der Waals surface area contributed by atoms with E-state index in [2.05, 4.69) is 4.90 Å². The van der Waals surface area contributed by atoms with Crippen LogP contribution in [0.2, 0.25) is 10.0 Å². The highest BCUT2D eigenvalue weighted by Gasteiger charge is 2.26. The monoisotopic (exact) mass is 385 g/mol. The minimum Gasteiger partial charge on any atom is -0.379 e. The molecule has 1 aromatic carbocycles. The highest BCUT2D eigenvalue weighted by molar-refractivity contribution is 6.42. The van der Waals surface area contributed by atoms with E-state index < -0.39 is 0 Å². The predicted octanol–water partition coefficient (Wildman–Crippen LogP) is 1.61. The summed E-state index contributed by atoms with van der Waals surface area (Å²) in [5.41, 5.74) is 0.516. The molecule has 2 saturated heterocycles. The Kier molecular flexibility index (Phi) is 6.17. The Morgan fingerprint density at radius 2 is 1.56 bits per heavy atom. The highest BCUT2D eigenvalue weighted by atomic mass is 35.5. The van der Waals surface area contributed by atoms with Gasteiger partial charge in [0.25, 0.3) is 5.91 Å². The zero-order valence-corrected chi connectivity index (χ0v) is 15.4. The lowest BCUT2D eigenvalue weighted by Crippen LogP contribution is -2.53. The average molecular weight is 386 g/mol. The molecular weight excluding hydrogens is 365 g/mol. The summed E-state index contributed by atoms with van der Waals surface area (Å²) in [7, 11) is 0. The molecular formula is C17H21Cl2N3O3. The van der Waals surface area contributed by atoms with Gasteiger partial charge in [-0.15, -0.1) is 0 Å². The second-order valence-corrected chi connectivity index (χ2v) is 7.00. The van der Waals surface area contributed by atoms with Gasteiger partial charge in [0.15, 0.2) is 0 Å². The standard InChI is InChI=1S/C17H21Cl2N3O3/c18-14-2-1-13(11-15(14)19)17(24)22-5-3-21(4-6-22)16(23)12-20-7-9-25-10-8-20/h1-2,11H,3-10,12H2. The van der Waals surface area contributed by atoms with Crippen molar-refractivity contribution in [2.45, 2.75) is 0 Å². The number of ether oxygens (including phenoxy) is 1. The van der Waals surface area contributed by atoms with Crippen LogP contribution in [0.5, 0.6) is 0 Å². The maximum Gasteiger partial charge on any atom is 0.254 e. The van der Waals surface area contributed by atoms with Crippen LogP contribution in [0.3, 0.4) is 0 Å². The summed E-state index contributed by atoms with van der Waals surface area (Å²) in [5, 5.41) is 0.795. The summed E-state index contributed by atoms with van der Waals surface area (Å²) < 4.78 is 5.30. The SMILES string of the molecule is O=C(CN1CCOCC1)N1CCN(C(=O)c2ccc(Cl)c(Cl)c2)CC1. The molecule has 0 radical (unpaired) electrons. The van der Waals surface area contributed by atoms with Gasteiger partial charge in [-0.3, -0.25) is 14.5 Å². The third kappa shape index (κ3) is 4.64. The molecule has 0 unspecified atom stereocenters. The molecule has 0 aliphatic carbocycles. The van der Waals surface area contributed by atoms with Crippen molar-refractivity contribution >= 4 is 35.0 Å². The fourth-order valence-corrected chi connectivity index (χ4v) is 3.32. The zero-order valence-electron chi connectivity index (χ0n) is 13.9. The molecule has 0 spiro atoms. The number of halogens is 2. The maximum absolute atomic E-state index is 12.6.